The predicted octanol–water partition coefficient (Wildman–Crippen LogP) is -0.359. The number of hydrogen-bond acceptors (Lipinski definition) is 3. The van der Waals surface area contributed by atoms with Crippen molar-refractivity contribution in [2.75, 3.05) is 0 Å². The second kappa shape index (κ2) is 2.87. The van der Waals surface area contributed by atoms with Crippen molar-refractivity contribution in [1.29, 1.82) is 0 Å². The van der Waals surface area contributed by atoms with Gasteiger partial charge in [0.2, 0.25) is 0 Å². The smallest absolute Gasteiger partial charge is 0.324 e. The van der Waals surface area contributed by atoms with Crippen molar-refractivity contribution >= 4 is 11.9 Å². The van der Waals surface area contributed by atoms with Crippen molar-refractivity contribution in [2.24, 2.45) is 10.7 Å². The Hall–Kier alpha value is -1.78. The van der Waals surface area contributed by atoms with E-state index in [0.717, 1.165) is 0 Å². The summed E-state index contributed by atoms with van der Waals surface area (Å²) in [5, 5.41) is 4.86. The van der Waals surface area contributed by atoms with Crippen molar-refractivity contribution in [3.8, 4) is 0 Å². The molecular weight excluding hydrogens is 144 g/mol. The standard InChI is InChI=1S/C6H8N4O/c1-4-5(8-3-2-7)10-6(11)9-4/h2-3H,1,7H2,(H2,8,9,10,11)/b3-2-. The van der Waals surface area contributed by atoms with Crippen molar-refractivity contribution in [3.63, 3.8) is 0 Å². The molecule has 58 valence electrons. The minimum Gasteiger partial charge on any atom is -0.403 e. The number of nitrogens with one attached hydrogen (secondary N) is 2. The molecule has 2 amide bonds. The van der Waals surface area contributed by atoms with E-state index in [1.54, 1.807) is 0 Å². The van der Waals surface area contributed by atoms with E-state index in [2.05, 4.69) is 22.2 Å². The molecule has 0 aromatic carbocycles. The quantitative estimate of drug-likeness (QED) is 0.479. The highest BCUT2D eigenvalue weighted by Gasteiger charge is 2.17. The van der Waals surface area contributed by atoms with Crippen LogP contribution in [0.25, 0.3) is 0 Å². The monoisotopic (exact) mass is 152 g/mol. The van der Waals surface area contributed by atoms with Gasteiger partial charge in [0, 0.05) is 12.4 Å². The fourth-order valence-corrected chi connectivity index (χ4v) is 0.638. The average Bonchev–Trinajstić information content (AvgIpc) is 2.26. The van der Waals surface area contributed by atoms with Crippen molar-refractivity contribution in [3.05, 3.63) is 24.7 Å². The second-order valence-electron chi connectivity index (χ2n) is 1.88. The van der Waals surface area contributed by atoms with E-state index in [0.29, 0.717) is 11.5 Å². The maximum Gasteiger partial charge on any atom is 0.324 e. The Labute approximate surface area is 63.7 Å². The van der Waals surface area contributed by atoms with Crippen LogP contribution in [0.15, 0.2) is 29.7 Å². The highest BCUT2D eigenvalue weighted by atomic mass is 16.2. The summed E-state index contributed by atoms with van der Waals surface area (Å²) in [6, 6.07) is -0.320. The molecule has 1 saturated heterocycles. The Balaban J connectivity index is 2.74. The molecule has 0 radical (unpaired) electrons. The van der Waals surface area contributed by atoms with E-state index >= 15 is 0 Å². The molecule has 0 spiro atoms. The number of amidine groups is 1. The van der Waals surface area contributed by atoms with E-state index in [9.17, 15) is 4.79 Å². The van der Waals surface area contributed by atoms with E-state index in [4.69, 9.17) is 5.73 Å². The maximum absolute atomic E-state index is 10.6. The topological polar surface area (TPSA) is 79.5 Å². The lowest BCUT2D eigenvalue weighted by atomic mass is 10.5. The van der Waals surface area contributed by atoms with Gasteiger partial charge in [0.1, 0.15) is 0 Å². The first-order valence-corrected chi connectivity index (χ1v) is 2.96. The number of amides is 2. The number of rotatable bonds is 1. The first-order chi connectivity index (χ1) is 5.24. The van der Waals surface area contributed by atoms with Crippen molar-refractivity contribution in [2.45, 2.75) is 0 Å². The fraction of sp³-hybridized carbons (Fsp3) is 0. The Bertz CT molecular complexity index is 253. The molecular formula is C6H8N4O. The predicted molar refractivity (Wildman–Crippen MR) is 41.6 cm³/mol. The van der Waals surface area contributed by atoms with Crippen LogP contribution in [0.5, 0.6) is 0 Å². The zero-order chi connectivity index (χ0) is 8.27. The van der Waals surface area contributed by atoms with E-state index in [1.807, 2.05) is 0 Å². The number of carbonyl (C=O) groups is 1. The molecule has 5 nitrogen and oxygen atoms in total. The summed E-state index contributed by atoms with van der Waals surface area (Å²) < 4.78 is 0. The normalized spacial score (nSPS) is 20.9. The Kier molecular flexibility index (Phi) is 1.91. The summed E-state index contributed by atoms with van der Waals surface area (Å²) in [5.74, 6) is 0.400. The first kappa shape index (κ1) is 7.33. The van der Waals surface area contributed by atoms with Gasteiger partial charge in [-0.3, -0.25) is 5.32 Å². The van der Waals surface area contributed by atoms with Gasteiger partial charge in [-0.2, -0.15) is 0 Å². The van der Waals surface area contributed by atoms with Crippen molar-refractivity contribution < 1.29 is 4.79 Å². The SMILES string of the molecule is C=C1NC(=O)N/C1=N/C=C\N. The van der Waals surface area contributed by atoms with Crippen LogP contribution in [0.4, 0.5) is 4.79 Å². The summed E-state index contributed by atoms with van der Waals surface area (Å²) >= 11 is 0. The molecule has 1 aliphatic heterocycles. The molecule has 4 N–H and O–H groups in total. The number of nitrogens with two attached hydrogens (primary N) is 1. The molecule has 0 aromatic heterocycles. The van der Waals surface area contributed by atoms with Gasteiger partial charge < -0.3 is 11.1 Å². The van der Waals surface area contributed by atoms with Crippen LogP contribution >= 0.6 is 0 Å². The van der Waals surface area contributed by atoms with Crippen LogP contribution in [0.3, 0.4) is 0 Å². The van der Waals surface area contributed by atoms with Crippen LogP contribution in [0, 0.1) is 0 Å². The highest BCUT2D eigenvalue weighted by molar-refractivity contribution is 6.14. The summed E-state index contributed by atoms with van der Waals surface area (Å²) in [5.41, 5.74) is 5.49. The summed E-state index contributed by atoms with van der Waals surface area (Å²) in [4.78, 5) is 14.4. The summed E-state index contributed by atoms with van der Waals surface area (Å²) in [6.45, 7) is 3.54. The molecule has 0 aromatic rings. The third-order valence-electron chi connectivity index (χ3n) is 1.07. The summed E-state index contributed by atoms with van der Waals surface area (Å²) in [6.07, 6.45) is 2.64. The first-order valence-electron chi connectivity index (χ1n) is 2.96. The lowest BCUT2D eigenvalue weighted by molar-refractivity contribution is 0.250. The lowest BCUT2D eigenvalue weighted by Gasteiger charge is -1.90. The summed E-state index contributed by atoms with van der Waals surface area (Å²) in [7, 11) is 0. The number of hydrogen-bond donors (Lipinski definition) is 3. The highest BCUT2D eigenvalue weighted by Crippen LogP contribution is 1.95. The van der Waals surface area contributed by atoms with Gasteiger partial charge in [0.25, 0.3) is 0 Å². The Morgan fingerprint density at radius 2 is 2.27 bits per heavy atom. The Morgan fingerprint density at radius 3 is 2.73 bits per heavy atom. The van der Waals surface area contributed by atoms with E-state index in [-0.39, 0.29) is 6.03 Å². The molecule has 11 heavy (non-hydrogen) atoms. The number of carbonyl (C=O) groups excluding carboxylic acids is 1. The molecule has 0 unspecified atom stereocenters. The van der Waals surface area contributed by atoms with Crippen LogP contribution < -0.4 is 16.4 Å². The van der Waals surface area contributed by atoms with Crippen molar-refractivity contribution in [1.82, 2.24) is 10.6 Å². The molecule has 5 heteroatoms. The largest absolute Gasteiger partial charge is 0.403 e. The second-order valence-corrected chi connectivity index (χ2v) is 1.88. The zero-order valence-electron chi connectivity index (χ0n) is 5.79. The van der Waals surface area contributed by atoms with Crippen LogP contribution in [-0.2, 0) is 0 Å². The minimum atomic E-state index is -0.320. The van der Waals surface area contributed by atoms with E-state index in [1.165, 1.54) is 12.4 Å². The third kappa shape index (κ3) is 1.57. The number of nitrogens with zero attached hydrogens (tertiary/aromatic N) is 1. The van der Waals surface area contributed by atoms with Gasteiger partial charge in [-0.1, -0.05) is 6.58 Å². The maximum atomic E-state index is 10.6. The fourth-order valence-electron chi connectivity index (χ4n) is 0.638. The third-order valence-corrected chi connectivity index (χ3v) is 1.07. The van der Waals surface area contributed by atoms with Gasteiger partial charge in [-0.15, -0.1) is 0 Å². The molecule has 1 rings (SSSR count). The van der Waals surface area contributed by atoms with Crippen LogP contribution in [0.1, 0.15) is 0 Å². The molecule has 0 saturated carbocycles. The van der Waals surface area contributed by atoms with Crippen LogP contribution in [0.2, 0.25) is 0 Å². The molecule has 0 atom stereocenters. The van der Waals surface area contributed by atoms with Gasteiger partial charge in [-0.25, -0.2) is 9.79 Å². The van der Waals surface area contributed by atoms with Gasteiger partial charge in [0.05, 0.1) is 5.70 Å². The number of aliphatic imine (C=N–C) groups is 1. The zero-order valence-corrected chi connectivity index (χ0v) is 5.79. The molecule has 1 heterocycles. The lowest BCUT2D eigenvalue weighted by Crippen LogP contribution is -2.22. The average molecular weight is 152 g/mol. The molecule has 0 aliphatic carbocycles. The minimum absolute atomic E-state index is 0.320. The van der Waals surface area contributed by atoms with Crippen LogP contribution in [-0.4, -0.2) is 11.9 Å². The van der Waals surface area contributed by atoms with Gasteiger partial charge in [-0.05, 0) is 0 Å². The van der Waals surface area contributed by atoms with Gasteiger partial charge in [0.15, 0.2) is 5.84 Å². The molecule has 1 aliphatic rings. The van der Waals surface area contributed by atoms with Gasteiger partial charge >= 0.3 is 6.03 Å². The Morgan fingerprint density at radius 1 is 1.55 bits per heavy atom. The molecule has 1 fully saturated rings. The number of urea groups is 1. The molecule has 0 bridgehead atoms. The van der Waals surface area contributed by atoms with E-state index < -0.39 is 0 Å².